The fourth-order valence-corrected chi connectivity index (χ4v) is 1.94. The van der Waals surface area contributed by atoms with Gasteiger partial charge in [-0.05, 0) is 40.5 Å². The van der Waals surface area contributed by atoms with E-state index in [2.05, 4.69) is 21.0 Å². The van der Waals surface area contributed by atoms with Crippen LogP contribution in [0.15, 0.2) is 39.6 Å². The summed E-state index contributed by atoms with van der Waals surface area (Å²) in [7, 11) is 0. The molecule has 0 radical (unpaired) electrons. The molecule has 0 saturated carbocycles. The van der Waals surface area contributed by atoms with Gasteiger partial charge in [0, 0.05) is 16.2 Å². The van der Waals surface area contributed by atoms with Crippen LogP contribution in [0.3, 0.4) is 0 Å². The van der Waals surface area contributed by atoms with Crippen molar-refractivity contribution >= 4 is 21.6 Å². The van der Waals surface area contributed by atoms with Crippen molar-refractivity contribution in [3.05, 3.63) is 56.4 Å². The molecule has 2 N–H and O–H groups in total. The molecule has 1 heterocycles. The average Bonchev–Trinajstić information content (AvgIpc) is 2.30. The maximum atomic E-state index is 11.6. The third-order valence-electron chi connectivity index (χ3n) is 2.43. The number of aryl methyl sites for hydroxylation is 1. The Hall–Kier alpha value is -1.62. The lowest BCUT2D eigenvalue weighted by Gasteiger charge is -2.08. The molecule has 0 aliphatic carbocycles. The Labute approximate surface area is 107 Å². The number of nitrogen functional groups attached to an aromatic ring is 1. The van der Waals surface area contributed by atoms with Gasteiger partial charge in [0.05, 0.1) is 12.2 Å². The molecule has 0 aliphatic rings. The normalized spacial score (nSPS) is 10.5. The molecular formula is C12H12BrN3O. The van der Waals surface area contributed by atoms with E-state index in [1.54, 1.807) is 12.1 Å². The highest BCUT2D eigenvalue weighted by Gasteiger charge is 2.05. The van der Waals surface area contributed by atoms with Crippen molar-refractivity contribution in [3.63, 3.8) is 0 Å². The standard InChI is InChI=1S/C12H12BrN3O/c1-8-5-6-11(17)16(15-8)7-9-3-2-4-10(14)12(9)13/h2-6H,7,14H2,1H3. The lowest BCUT2D eigenvalue weighted by atomic mass is 10.2. The maximum absolute atomic E-state index is 11.6. The van der Waals surface area contributed by atoms with Crippen LogP contribution >= 0.6 is 15.9 Å². The predicted octanol–water partition coefficient (Wildman–Crippen LogP) is 1.94. The predicted molar refractivity (Wildman–Crippen MR) is 70.9 cm³/mol. The minimum atomic E-state index is -0.120. The largest absolute Gasteiger partial charge is 0.398 e. The zero-order valence-corrected chi connectivity index (χ0v) is 10.9. The zero-order chi connectivity index (χ0) is 12.4. The van der Waals surface area contributed by atoms with Gasteiger partial charge >= 0.3 is 0 Å². The molecule has 5 heteroatoms. The summed E-state index contributed by atoms with van der Waals surface area (Å²) >= 11 is 3.41. The second kappa shape index (κ2) is 4.71. The van der Waals surface area contributed by atoms with E-state index in [-0.39, 0.29) is 5.56 Å². The monoisotopic (exact) mass is 293 g/mol. The van der Waals surface area contributed by atoms with Gasteiger partial charge in [0.15, 0.2) is 0 Å². The molecule has 0 aliphatic heterocycles. The summed E-state index contributed by atoms with van der Waals surface area (Å²) < 4.78 is 2.24. The van der Waals surface area contributed by atoms with Crippen molar-refractivity contribution in [3.8, 4) is 0 Å². The van der Waals surface area contributed by atoms with Gasteiger partial charge < -0.3 is 5.73 Å². The van der Waals surface area contributed by atoms with Gasteiger partial charge in [-0.15, -0.1) is 0 Å². The first-order valence-corrected chi connectivity index (χ1v) is 5.95. The third-order valence-corrected chi connectivity index (χ3v) is 3.40. The van der Waals surface area contributed by atoms with Crippen molar-refractivity contribution < 1.29 is 0 Å². The number of rotatable bonds is 2. The van der Waals surface area contributed by atoms with E-state index < -0.39 is 0 Å². The Morgan fingerprint density at radius 1 is 1.35 bits per heavy atom. The number of nitrogens with two attached hydrogens (primary N) is 1. The second-order valence-corrected chi connectivity index (χ2v) is 4.58. The van der Waals surface area contributed by atoms with Crippen LogP contribution in [0.1, 0.15) is 11.3 Å². The molecule has 1 aromatic heterocycles. The summed E-state index contributed by atoms with van der Waals surface area (Å²) in [4.78, 5) is 11.6. The maximum Gasteiger partial charge on any atom is 0.267 e. The second-order valence-electron chi connectivity index (χ2n) is 3.79. The van der Waals surface area contributed by atoms with Gasteiger partial charge in [-0.3, -0.25) is 4.79 Å². The van der Waals surface area contributed by atoms with Crippen LogP contribution in [0.5, 0.6) is 0 Å². The van der Waals surface area contributed by atoms with Crippen LogP contribution in [0.4, 0.5) is 5.69 Å². The van der Waals surface area contributed by atoms with Gasteiger partial charge in [0.1, 0.15) is 0 Å². The third kappa shape index (κ3) is 2.55. The Bertz CT molecular complexity index is 607. The molecular weight excluding hydrogens is 282 g/mol. The molecule has 2 rings (SSSR count). The van der Waals surface area contributed by atoms with Crippen molar-refractivity contribution in [2.75, 3.05) is 5.73 Å². The van der Waals surface area contributed by atoms with Gasteiger partial charge in [-0.25, -0.2) is 4.68 Å². The van der Waals surface area contributed by atoms with E-state index in [0.29, 0.717) is 12.2 Å². The summed E-state index contributed by atoms with van der Waals surface area (Å²) in [6, 6.07) is 8.79. The fraction of sp³-hybridized carbons (Fsp3) is 0.167. The van der Waals surface area contributed by atoms with Crippen LogP contribution in [-0.4, -0.2) is 9.78 Å². The zero-order valence-electron chi connectivity index (χ0n) is 9.35. The van der Waals surface area contributed by atoms with E-state index in [4.69, 9.17) is 5.73 Å². The summed E-state index contributed by atoms with van der Waals surface area (Å²) in [5.41, 5.74) is 8.07. The molecule has 0 unspecified atom stereocenters. The Morgan fingerprint density at radius 2 is 2.12 bits per heavy atom. The summed E-state index contributed by atoms with van der Waals surface area (Å²) in [5, 5.41) is 4.18. The highest BCUT2D eigenvalue weighted by Crippen LogP contribution is 2.23. The van der Waals surface area contributed by atoms with E-state index in [1.807, 2.05) is 19.1 Å². The highest BCUT2D eigenvalue weighted by molar-refractivity contribution is 9.10. The minimum Gasteiger partial charge on any atom is -0.398 e. The van der Waals surface area contributed by atoms with Gasteiger partial charge in [-0.2, -0.15) is 5.10 Å². The first-order chi connectivity index (χ1) is 8.08. The summed E-state index contributed by atoms with van der Waals surface area (Å²) in [6.45, 7) is 2.26. The lowest BCUT2D eigenvalue weighted by Crippen LogP contribution is -2.23. The molecule has 0 saturated heterocycles. The minimum absolute atomic E-state index is 0.120. The van der Waals surface area contributed by atoms with Crippen molar-refractivity contribution in [2.45, 2.75) is 13.5 Å². The summed E-state index contributed by atoms with van der Waals surface area (Å²) in [6.07, 6.45) is 0. The number of hydrogen-bond donors (Lipinski definition) is 1. The van der Waals surface area contributed by atoms with E-state index in [0.717, 1.165) is 15.7 Å². The Kier molecular flexibility index (Phi) is 3.28. The molecule has 0 amide bonds. The number of anilines is 1. The van der Waals surface area contributed by atoms with E-state index in [1.165, 1.54) is 10.7 Å². The Morgan fingerprint density at radius 3 is 2.88 bits per heavy atom. The van der Waals surface area contributed by atoms with Crippen LogP contribution in [0, 0.1) is 6.92 Å². The van der Waals surface area contributed by atoms with E-state index in [9.17, 15) is 4.79 Å². The molecule has 0 fully saturated rings. The highest BCUT2D eigenvalue weighted by atomic mass is 79.9. The molecule has 2 aromatic rings. The van der Waals surface area contributed by atoms with Crippen molar-refractivity contribution in [1.82, 2.24) is 9.78 Å². The van der Waals surface area contributed by atoms with Gasteiger partial charge in [0.2, 0.25) is 0 Å². The van der Waals surface area contributed by atoms with Crippen LogP contribution in [-0.2, 0) is 6.54 Å². The average molecular weight is 294 g/mol. The van der Waals surface area contributed by atoms with Crippen LogP contribution < -0.4 is 11.3 Å². The number of hydrogen-bond acceptors (Lipinski definition) is 3. The molecule has 0 spiro atoms. The molecule has 4 nitrogen and oxygen atoms in total. The molecule has 17 heavy (non-hydrogen) atoms. The molecule has 0 bridgehead atoms. The smallest absolute Gasteiger partial charge is 0.267 e. The van der Waals surface area contributed by atoms with E-state index >= 15 is 0 Å². The number of benzene rings is 1. The molecule has 88 valence electrons. The summed E-state index contributed by atoms with van der Waals surface area (Å²) in [5.74, 6) is 0. The number of nitrogens with zero attached hydrogens (tertiary/aromatic N) is 2. The fourth-order valence-electron chi connectivity index (χ4n) is 1.55. The van der Waals surface area contributed by atoms with Crippen molar-refractivity contribution in [2.24, 2.45) is 0 Å². The molecule has 0 atom stereocenters. The van der Waals surface area contributed by atoms with Crippen LogP contribution in [0.2, 0.25) is 0 Å². The quantitative estimate of drug-likeness (QED) is 0.861. The van der Waals surface area contributed by atoms with Crippen molar-refractivity contribution in [1.29, 1.82) is 0 Å². The number of aromatic nitrogens is 2. The van der Waals surface area contributed by atoms with Gasteiger partial charge in [-0.1, -0.05) is 12.1 Å². The first-order valence-electron chi connectivity index (χ1n) is 5.15. The van der Waals surface area contributed by atoms with Gasteiger partial charge in [0.25, 0.3) is 5.56 Å². The SMILES string of the molecule is Cc1ccc(=O)n(Cc2cccc(N)c2Br)n1. The number of halogens is 1. The topological polar surface area (TPSA) is 60.9 Å². The Balaban J connectivity index is 2.41. The lowest BCUT2D eigenvalue weighted by molar-refractivity contribution is 0.627. The molecule has 1 aromatic carbocycles. The first kappa shape index (κ1) is 11.9. The van der Waals surface area contributed by atoms with Crippen LogP contribution in [0.25, 0.3) is 0 Å².